The van der Waals surface area contributed by atoms with Crippen LogP contribution in [0.25, 0.3) is 0 Å². The molecule has 0 spiro atoms. The van der Waals surface area contributed by atoms with Crippen LogP contribution < -0.4 is 10.6 Å². The molecule has 0 radical (unpaired) electrons. The van der Waals surface area contributed by atoms with Gasteiger partial charge in [-0.1, -0.05) is 53.1 Å². The van der Waals surface area contributed by atoms with Crippen LogP contribution in [0.1, 0.15) is 0 Å². The van der Waals surface area contributed by atoms with Crippen molar-refractivity contribution < 1.29 is 9.59 Å². The van der Waals surface area contributed by atoms with Gasteiger partial charge in [0.25, 0.3) is 0 Å². The number of para-hydroxylation sites is 1. The second kappa shape index (κ2) is 8.16. The Morgan fingerprint density at radius 3 is 2.32 bits per heavy atom. The van der Waals surface area contributed by atoms with Gasteiger partial charge in [-0.05, 0) is 12.1 Å². The largest absolute Gasteiger partial charge is 0.369 e. The van der Waals surface area contributed by atoms with Gasteiger partial charge in [-0.3, -0.25) is 9.59 Å². The molecule has 6 nitrogen and oxygen atoms in total. The van der Waals surface area contributed by atoms with Crippen LogP contribution in [0.2, 0.25) is 0 Å². The third kappa shape index (κ3) is 5.00. The van der Waals surface area contributed by atoms with Crippen molar-refractivity contribution in [1.29, 1.82) is 0 Å². The van der Waals surface area contributed by atoms with E-state index in [1.807, 2.05) is 30.3 Å². The smallest absolute Gasteiger partial charge is 0.237 e. The third-order valence-corrected chi connectivity index (χ3v) is 5.76. The normalized spacial score (nSPS) is 10.4. The van der Waals surface area contributed by atoms with Gasteiger partial charge in [-0.15, -0.1) is 10.2 Å². The Balaban J connectivity index is 1.85. The molecule has 0 saturated heterocycles. The number of hydrogen-bond acceptors (Lipinski definition) is 7. The number of thioether (sulfide) groups is 2. The maximum absolute atomic E-state index is 12.1. The highest BCUT2D eigenvalue weighted by atomic mass is 32.2. The molecular formula is C13H14N4O2S3. The first-order chi connectivity index (χ1) is 10.6. The van der Waals surface area contributed by atoms with E-state index in [-0.39, 0.29) is 17.4 Å². The fourth-order valence-electron chi connectivity index (χ4n) is 1.46. The second-order valence-corrected chi connectivity index (χ2v) is 7.59. The summed E-state index contributed by atoms with van der Waals surface area (Å²) in [5, 5.41) is 7.93. The van der Waals surface area contributed by atoms with E-state index in [2.05, 4.69) is 10.2 Å². The molecule has 0 saturated carbocycles. The van der Waals surface area contributed by atoms with E-state index in [1.165, 1.54) is 34.9 Å². The zero-order valence-corrected chi connectivity index (χ0v) is 14.2. The molecule has 0 bridgehead atoms. The molecule has 2 amide bonds. The molecule has 1 aromatic carbocycles. The first-order valence-corrected chi connectivity index (χ1v) is 9.04. The van der Waals surface area contributed by atoms with Crippen molar-refractivity contribution in [3.05, 3.63) is 30.3 Å². The number of nitrogens with zero attached hydrogens (tertiary/aromatic N) is 3. The van der Waals surface area contributed by atoms with Crippen molar-refractivity contribution in [2.24, 2.45) is 5.73 Å². The van der Waals surface area contributed by atoms with E-state index in [9.17, 15) is 9.59 Å². The summed E-state index contributed by atoms with van der Waals surface area (Å²) in [4.78, 5) is 24.4. The van der Waals surface area contributed by atoms with Gasteiger partial charge in [0.15, 0.2) is 8.68 Å². The topological polar surface area (TPSA) is 89.2 Å². The van der Waals surface area contributed by atoms with Crippen molar-refractivity contribution in [3.8, 4) is 0 Å². The predicted octanol–water partition coefficient (Wildman–Crippen LogP) is 1.87. The standard InChI is InChI=1S/C13H14N4O2S3/c1-17(9-5-3-2-4-6-9)11(19)8-21-13-16-15-12(22-13)20-7-10(14)18/h2-6H,7-8H2,1H3,(H2,14,18). The van der Waals surface area contributed by atoms with Crippen LogP contribution in [-0.4, -0.2) is 40.6 Å². The number of amides is 2. The number of anilines is 1. The van der Waals surface area contributed by atoms with Crippen LogP contribution in [0.4, 0.5) is 5.69 Å². The first kappa shape index (κ1) is 16.8. The highest BCUT2D eigenvalue weighted by Crippen LogP contribution is 2.28. The van der Waals surface area contributed by atoms with Crippen LogP contribution in [0.15, 0.2) is 39.0 Å². The summed E-state index contributed by atoms with van der Waals surface area (Å²) in [5.74, 6) is 0.0435. The SMILES string of the molecule is CN(C(=O)CSc1nnc(SCC(N)=O)s1)c1ccccc1. The maximum Gasteiger partial charge on any atom is 0.237 e. The van der Waals surface area contributed by atoms with Crippen LogP contribution in [0.5, 0.6) is 0 Å². The summed E-state index contributed by atoms with van der Waals surface area (Å²) in [6.45, 7) is 0. The molecule has 1 aromatic heterocycles. The van der Waals surface area contributed by atoms with E-state index >= 15 is 0 Å². The molecule has 2 rings (SSSR count). The number of carbonyl (C=O) groups excluding carboxylic acids is 2. The highest BCUT2D eigenvalue weighted by molar-refractivity contribution is 8.03. The van der Waals surface area contributed by atoms with Crippen LogP contribution in [0.3, 0.4) is 0 Å². The van der Waals surface area contributed by atoms with Gasteiger partial charge >= 0.3 is 0 Å². The van der Waals surface area contributed by atoms with Gasteiger partial charge in [0.1, 0.15) is 0 Å². The number of aromatic nitrogens is 2. The summed E-state index contributed by atoms with van der Waals surface area (Å²) < 4.78 is 1.37. The second-order valence-electron chi connectivity index (χ2n) is 4.17. The predicted molar refractivity (Wildman–Crippen MR) is 90.4 cm³/mol. The molecule has 0 aliphatic carbocycles. The Labute approximate surface area is 140 Å². The number of nitrogens with two attached hydrogens (primary N) is 1. The Kier molecular flexibility index (Phi) is 6.22. The summed E-state index contributed by atoms with van der Waals surface area (Å²) in [6.07, 6.45) is 0. The fraction of sp³-hybridized carbons (Fsp3) is 0.231. The number of rotatable bonds is 7. The number of hydrogen-bond donors (Lipinski definition) is 1. The van der Waals surface area contributed by atoms with Crippen molar-refractivity contribution >= 4 is 52.4 Å². The summed E-state index contributed by atoms with van der Waals surface area (Å²) in [5.41, 5.74) is 5.93. The highest BCUT2D eigenvalue weighted by Gasteiger charge is 2.13. The van der Waals surface area contributed by atoms with Crippen molar-refractivity contribution in [2.45, 2.75) is 8.68 Å². The molecule has 0 atom stereocenters. The van der Waals surface area contributed by atoms with Crippen LogP contribution in [0, 0.1) is 0 Å². The third-order valence-electron chi connectivity index (χ3n) is 2.56. The molecule has 9 heteroatoms. The molecular weight excluding hydrogens is 340 g/mol. The maximum atomic E-state index is 12.1. The van der Waals surface area contributed by atoms with Gasteiger partial charge in [-0.25, -0.2) is 0 Å². The Bertz CT molecular complexity index is 648. The Morgan fingerprint density at radius 2 is 1.73 bits per heavy atom. The minimum Gasteiger partial charge on any atom is -0.369 e. The van der Waals surface area contributed by atoms with Crippen LogP contribution >= 0.6 is 34.9 Å². The summed E-state index contributed by atoms with van der Waals surface area (Å²) in [7, 11) is 1.74. The minimum atomic E-state index is -0.394. The molecule has 1 heterocycles. The summed E-state index contributed by atoms with van der Waals surface area (Å²) >= 11 is 3.93. The van der Waals surface area contributed by atoms with Gasteiger partial charge in [0.2, 0.25) is 11.8 Å². The molecule has 0 aliphatic rings. The minimum absolute atomic E-state index is 0.0160. The lowest BCUT2D eigenvalue weighted by Crippen LogP contribution is -2.27. The lowest BCUT2D eigenvalue weighted by molar-refractivity contribution is -0.116. The molecule has 22 heavy (non-hydrogen) atoms. The Hall–Kier alpha value is -1.58. The molecule has 2 N–H and O–H groups in total. The van der Waals surface area contributed by atoms with Gasteiger partial charge in [0.05, 0.1) is 11.5 Å². The van der Waals surface area contributed by atoms with Crippen molar-refractivity contribution in [1.82, 2.24) is 10.2 Å². The number of carbonyl (C=O) groups is 2. The number of benzene rings is 1. The summed E-state index contributed by atoms with van der Waals surface area (Å²) in [6, 6.07) is 9.44. The van der Waals surface area contributed by atoms with E-state index in [0.717, 1.165) is 5.69 Å². The molecule has 0 unspecified atom stereocenters. The van der Waals surface area contributed by atoms with Crippen molar-refractivity contribution in [2.75, 3.05) is 23.5 Å². The lowest BCUT2D eigenvalue weighted by Gasteiger charge is -2.16. The quantitative estimate of drug-likeness (QED) is 0.764. The van der Waals surface area contributed by atoms with Crippen LogP contribution in [-0.2, 0) is 9.59 Å². The monoisotopic (exact) mass is 354 g/mol. The fourth-order valence-corrected chi connectivity index (χ4v) is 4.14. The lowest BCUT2D eigenvalue weighted by atomic mass is 10.3. The molecule has 2 aromatic rings. The van der Waals surface area contributed by atoms with E-state index < -0.39 is 5.91 Å². The zero-order chi connectivity index (χ0) is 15.9. The first-order valence-electron chi connectivity index (χ1n) is 6.25. The number of primary amides is 1. The van der Waals surface area contributed by atoms with E-state index in [4.69, 9.17) is 5.73 Å². The van der Waals surface area contributed by atoms with E-state index in [0.29, 0.717) is 8.68 Å². The Morgan fingerprint density at radius 1 is 1.14 bits per heavy atom. The van der Waals surface area contributed by atoms with Gasteiger partial charge < -0.3 is 10.6 Å². The average Bonchev–Trinajstić information content (AvgIpc) is 2.98. The zero-order valence-electron chi connectivity index (χ0n) is 11.8. The van der Waals surface area contributed by atoms with Crippen molar-refractivity contribution in [3.63, 3.8) is 0 Å². The molecule has 116 valence electrons. The van der Waals surface area contributed by atoms with E-state index in [1.54, 1.807) is 11.9 Å². The van der Waals surface area contributed by atoms with Gasteiger partial charge in [-0.2, -0.15) is 0 Å². The molecule has 0 aliphatic heterocycles. The van der Waals surface area contributed by atoms with Gasteiger partial charge in [0, 0.05) is 12.7 Å². The molecule has 0 fully saturated rings. The average molecular weight is 354 g/mol.